The van der Waals surface area contributed by atoms with Crippen LogP contribution in [0.15, 0.2) is 18.2 Å². The zero-order valence-electron chi connectivity index (χ0n) is 6.16. The number of anilines is 1. The second kappa shape index (κ2) is 3.76. The third-order valence-corrected chi connectivity index (χ3v) is 1.44. The van der Waals surface area contributed by atoms with Gasteiger partial charge in [-0.3, -0.25) is 0 Å². The highest BCUT2D eigenvalue weighted by molar-refractivity contribution is 5.93. The molecule has 0 aromatic heterocycles. The van der Waals surface area contributed by atoms with Crippen molar-refractivity contribution in [3.05, 3.63) is 29.3 Å². The average Bonchev–Trinajstić information content (AvgIpc) is 1.85. The molecule has 0 atom stereocenters. The standard InChI is InChI=1S/C8H9NO2.CH4/c1-5-2-3-6(8(10)11)7(9)4-5;/h2-4H,9H2,1H3,(H,10,11);1H4. The molecule has 0 unspecified atom stereocenters. The lowest BCUT2D eigenvalue weighted by Gasteiger charge is -2.00. The van der Waals surface area contributed by atoms with Gasteiger partial charge in [-0.2, -0.15) is 0 Å². The summed E-state index contributed by atoms with van der Waals surface area (Å²) in [5, 5.41) is 8.58. The largest absolute Gasteiger partial charge is 0.478 e. The van der Waals surface area contributed by atoms with E-state index in [0.29, 0.717) is 5.69 Å². The van der Waals surface area contributed by atoms with Crippen LogP contribution in [-0.2, 0) is 0 Å². The third-order valence-electron chi connectivity index (χ3n) is 1.44. The molecule has 1 rings (SSSR count). The Morgan fingerprint density at radius 3 is 2.50 bits per heavy atom. The van der Waals surface area contributed by atoms with Crippen molar-refractivity contribution in [1.82, 2.24) is 0 Å². The molecule has 0 aliphatic rings. The van der Waals surface area contributed by atoms with Crippen LogP contribution in [0, 0.1) is 6.92 Å². The van der Waals surface area contributed by atoms with E-state index >= 15 is 0 Å². The van der Waals surface area contributed by atoms with Crippen LogP contribution in [0.25, 0.3) is 0 Å². The topological polar surface area (TPSA) is 63.3 Å². The van der Waals surface area contributed by atoms with Gasteiger partial charge in [-0.1, -0.05) is 13.5 Å². The molecule has 0 radical (unpaired) electrons. The first kappa shape index (κ1) is 10.5. The molecule has 12 heavy (non-hydrogen) atoms. The predicted molar refractivity (Wildman–Crippen MR) is 49.3 cm³/mol. The minimum absolute atomic E-state index is 0. The van der Waals surface area contributed by atoms with Gasteiger partial charge in [0.05, 0.1) is 5.56 Å². The lowest BCUT2D eigenvalue weighted by atomic mass is 10.1. The summed E-state index contributed by atoms with van der Waals surface area (Å²) in [7, 11) is 0. The van der Waals surface area contributed by atoms with Crippen LogP contribution in [0.1, 0.15) is 23.3 Å². The predicted octanol–water partition coefficient (Wildman–Crippen LogP) is 1.91. The summed E-state index contributed by atoms with van der Waals surface area (Å²) in [5.74, 6) is -0.984. The normalized spacial score (nSPS) is 8.75. The summed E-state index contributed by atoms with van der Waals surface area (Å²) in [6.45, 7) is 1.86. The van der Waals surface area contributed by atoms with Crippen molar-refractivity contribution in [3.8, 4) is 0 Å². The molecule has 0 amide bonds. The SMILES string of the molecule is C.Cc1ccc(C(=O)O)c(N)c1. The van der Waals surface area contributed by atoms with E-state index in [1.54, 1.807) is 12.1 Å². The van der Waals surface area contributed by atoms with Gasteiger partial charge in [0.2, 0.25) is 0 Å². The smallest absolute Gasteiger partial charge is 0.337 e. The number of rotatable bonds is 1. The summed E-state index contributed by atoms with van der Waals surface area (Å²) in [5.41, 5.74) is 6.89. The molecule has 0 saturated carbocycles. The Kier molecular flexibility index (Phi) is 3.29. The molecule has 0 spiro atoms. The first-order valence-corrected chi connectivity index (χ1v) is 3.20. The molecule has 1 aromatic carbocycles. The van der Waals surface area contributed by atoms with Crippen LogP contribution in [-0.4, -0.2) is 11.1 Å². The molecule has 0 aliphatic heterocycles. The molecule has 0 aliphatic carbocycles. The molecule has 0 fully saturated rings. The van der Waals surface area contributed by atoms with E-state index in [4.69, 9.17) is 10.8 Å². The Morgan fingerprint density at radius 1 is 1.50 bits per heavy atom. The molecule has 3 N–H and O–H groups in total. The Hall–Kier alpha value is -1.51. The quantitative estimate of drug-likeness (QED) is 0.628. The van der Waals surface area contributed by atoms with Crippen LogP contribution < -0.4 is 5.73 Å². The van der Waals surface area contributed by atoms with Gasteiger partial charge in [0.1, 0.15) is 0 Å². The molecule has 0 heterocycles. The van der Waals surface area contributed by atoms with Gasteiger partial charge >= 0.3 is 5.97 Å². The Labute approximate surface area is 71.8 Å². The van der Waals surface area contributed by atoms with E-state index in [0.717, 1.165) is 5.56 Å². The van der Waals surface area contributed by atoms with Gasteiger partial charge < -0.3 is 10.8 Å². The van der Waals surface area contributed by atoms with Crippen molar-refractivity contribution in [2.45, 2.75) is 14.4 Å². The lowest BCUT2D eigenvalue weighted by Crippen LogP contribution is -2.01. The van der Waals surface area contributed by atoms with Crippen molar-refractivity contribution in [3.63, 3.8) is 0 Å². The Morgan fingerprint density at radius 2 is 2.08 bits per heavy atom. The van der Waals surface area contributed by atoms with E-state index in [1.807, 2.05) is 6.92 Å². The van der Waals surface area contributed by atoms with Crippen LogP contribution in [0.2, 0.25) is 0 Å². The maximum Gasteiger partial charge on any atom is 0.337 e. The number of hydrogen-bond acceptors (Lipinski definition) is 2. The van der Waals surface area contributed by atoms with Gasteiger partial charge in [0.25, 0.3) is 0 Å². The van der Waals surface area contributed by atoms with Crippen molar-refractivity contribution in [2.24, 2.45) is 0 Å². The maximum absolute atomic E-state index is 10.5. The van der Waals surface area contributed by atoms with E-state index in [-0.39, 0.29) is 13.0 Å². The first-order chi connectivity index (χ1) is 5.11. The highest BCUT2D eigenvalue weighted by Gasteiger charge is 2.05. The number of carbonyl (C=O) groups is 1. The highest BCUT2D eigenvalue weighted by atomic mass is 16.4. The van der Waals surface area contributed by atoms with Crippen molar-refractivity contribution < 1.29 is 9.90 Å². The van der Waals surface area contributed by atoms with Crippen LogP contribution >= 0.6 is 0 Å². The van der Waals surface area contributed by atoms with E-state index in [9.17, 15) is 4.79 Å². The van der Waals surface area contributed by atoms with Crippen molar-refractivity contribution >= 4 is 11.7 Å². The third kappa shape index (κ3) is 1.99. The molecule has 0 saturated heterocycles. The number of aryl methyl sites for hydroxylation is 1. The molecular weight excluding hydrogens is 154 g/mol. The van der Waals surface area contributed by atoms with E-state index < -0.39 is 5.97 Å². The lowest BCUT2D eigenvalue weighted by molar-refractivity contribution is 0.0698. The molecule has 3 heteroatoms. The monoisotopic (exact) mass is 167 g/mol. The second-order valence-electron chi connectivity index (χ2n) is 2.40. The minimum atomic E-state index is -0.984. The van der Waals surface area contributed by atoms with Crippen LogP contribution in [0.5, 0.6) is 0 Å². The molecular formula is C9H13NO2. The van der Waals surface area contributed by atoms with Crippen LogP contribution in [0.4, 0.5) is 5.69 Å². The number of carboxylic acids is 1. The van der Waals surface area contributed by atoms with Crippen molar-refractivity contribution in [1.29, 1.82) is 0 Å². The number of benzene rings is 1. The second-order valence-corrected chi connectivity index (χ2v) is 2.40. The van der Waals surface area contributed by atoms with Gasteiger partial charge in [-0.05, 0) is 24.6 Å². The minimum Gasteiger partial charge on any atom is -0.478 e. The summed E-state index contributed by atoms with van der Waals surface area (Å²) < 4.78 is 0. The summed E-state index contributed by atoms with van der Waals surface area (Å²) in [4.78, 5) is 10.5. The number of aromatic carboxylic acids is 1. The summed E-state index contributed by atoms with van der Waals surface area (Å²) >= 11 is 0. The number of nitrogens with two attached hydrogens (primary N) is 1. The van der Waals surface area contributed by atoms with Gasteiger partial charge in [0, 0.05) is 5.69 Å². The fourth-order valence-electron chi connectivity index (χ4n) is 0.877. The summed E-state index contributed by atoms with van der Waals surface area (Å²) in [6, 6.07) is 4.87. The molecule has 66 valence electrons. The molecule has 1 aromatic rings. The molecule has 3 nitrogen and oxygen atoms in total. The Bertz CT molecular complexity index is 295. The number of nitrogen functional groups attached to an aromatic ring is 1. The average molecular weight is 167 g/mol. The zero-order valence-corrected chi connectivity index (χ0v) is 6.16. The molecule has 0 bridgehead atoms. The van der Waals surface area contributed by atoms with E-state index in [2.05, 4.69) is 0 Å². The Balaban J connectivity index is 0.00000121. The first-order valence-electron chi connectivity index (χ1n) is 3.20. The fraction of sp³-hybridized carbons (Fsp3) is 0.222. The number of hydrogen-bond donors (Lipinski definition) is 2. The zero-order chi connectivity index (χ0) is 8.43. The number of carboxylic acid groups (broad SMARTS) is 1. The van der Waals surface area contributed by atoms with Gasteiger partial charge in [0.15, 0.2) is 0 Å². The fourth-order valence-corrected chi connectivity index (χ4v) is 0.877. The van der Waals surface area contributed by atoms with Crippen molar-refractivity contribution in [2.75, 3.05) is 5.73 Å². The van der Waals surface area contributed by atoms with Crippen LogP contribution in [0.3, 0.4) is 0 Å². The van der Waals surface area contributed by atoms with Gasteiger partial charge in [-0.15, -0.1) is 0 Å². The summed E-state index contributed by atoms with van der Waals surface area (Å²) in [6.07, 6.45) is 0. The van der Waals surface area contributed by atoms with E-state index in [1.165, 1.54) is 6.07 Å². The van der Waals surface area contributed by atoms with Gasteiger partial charge in [-0.25, -0.2) is 4.79 Å². The highest BCUT2D eigenvalue weighted by Crippen LogP contribution is 2.12. The maximum atomic E-state index is 10.5.